The molecule has 4 rings (SSSR count). The minimum Gasteiger partial charge on any atom is -0.506 e. The molecule has 2 aromatic carbocycles. The van der Waals surface area contributed by atoms with Crippen molar-refractivity contribution in [2.24, 2.45) is 4.99 Å². The van der Waals surface area contributed by atoms with Crippen LogP contribution in [0.15, 0.2) is 80.4 Å². The topological polar surface area (TPSA) is 108 Å². The highest BCUT2D eigenvalue weighted by Crippen LogP contribution is 2.39. The second kappa shape index (κ2) is 16.3. The number of hydrogen-bond acceptors (Lipinski definition) is 10. The zero-order valence-corrected chi connectivity index (χ0v) is 27.0. The fraction of sp³-hybridized carbons (Fsp3) is 0.258. The maximum Gasteiger partial charge on any atom is 0.194 e. The first-order valence-electron chi connectivity index (χ1n) is 13.3. The van der Waals surface area contributed by atoms with E-state index in [2.05, 4.69) is 25.6 Å². The molecule has 0 aliphatic rings. The largest absolute Gasteiger partial charge is 0.506 e. The van der Waals surface area contributed by atoms with Crippen LogP contribution in [0.2, 0.25) is 0 Å². The molecule has 0 bridgehead atoms. The number of thiophene rings is 2. The Bertz CT molecular complexity index is 1510. The van der Waals surface area contributed by atoms with Gasteiger partial charge in [-0.3, -0.25) is 19.3 Å². The number of aliphatic imine (C=N–C) groups is 1. The molecule has 0 radical (unpaired) electrons. The van der Waals surface area contributed by atoms with E-state index in [0.717, 1.165) is 25.4 Å². The third-order valence-corrected chi connectivity index (χ3v) is 9.79. The van der Waals surface area contributed by atoms with E-state index in [0.29, 0.717) is 53.6 Å². The summed E-state index contributed by atoms with van der Waals surface area (Å²) in [6.45, 7) is 3.29. The number of aromatic hydroxyl groups is 1. The molecule has 42 heavy (non-hydrogen) atoms. The molecule has 0 saturated carbocycles. The quantitative estimate of drug-likeness (QED) is 0.0501. The zero-order valence-electron chi connectivity index (χ0n) is 23.0. The summed E-state index contributed by atoms with van der Waals surface area (Å²) < 4.78 is 9.38. The predicted octanol–water partition coefficient (Wildman–Crippen LogP) is 7.06. The van der Waals surface area contributed by atoms with Gasteiger partial charge in [0.2, 0.25) is 0 Å². The lowest BCUT2D eigenvalue weighted by Crippen LogP contribution is -2.13. The van der Waals surface area contributed by atoms with Crippen LogP contribution in [-0.2, 0) is 11.2 Å². The van der Waals surface area contributed by atoms with Gasteiger partial charge in [-0.15, -0.1) is 22.7 Å². The van der Waals surface area contributed by atoms with E-state index in [1.54, 1.807) is 19.1 Å². The molecule has 0 amide bonds. The number of ether oxygens (including phenoxy) is 1. The van der Waals surface area contributed by atoms with Crippen LogP contribution < -0.4 is 4.72 Å². The molecule has 2 aromatic heterocycles. The third kappa shape index (κ3) is 9.18. The van der Waals surface area contributed by atoms with Gasteiger partial charge in [0, 0.05) is 39.0 Å². The Kier molecular flexibility index (Phi) is 12.5. The number of carbonyl (C=O) groups is 2. The zero-order chi connectivity index (χ0) is 29.9. The summed E-state index contributed by atoms with van der Waals surface area (Å²) in [5.41, 5.74) is 3.17. The predicted molar refractivity (Wildman–Crippen MR) is 176 cm³/mol. The first-order chi connectivity index (χ1) is 20.4. The SMILES string of the molecule is CC(=NCC(=O)c1ccc(C(=O)CCc2ccc(SNCCOCCO)cc2)s1)c1csc(-c2ccc(Br)cc2)c1O. The lowest BCUT2D eigenvalue weighted by atomic mass is 10.1. The van der Waals surface area contributed by atoms with Gasteiger partial charge < -0.3 is 14.9 Å². The fourth-order valence-corrected chi connectivity index (χ4v) is 6.73. The Hall–Kier alpha value is -2.64. The molecule has 0 saturated heterocycles. The normalized spacial score (nSPS) is 11.6. The van der Waals surface area contributed by atoms with Gasteiger partial charge in [-0.1, -0.05) is 40.2 Å². The van der Waals surface area contributed by atoms with E-state index in [1.807, 2.05) is 53.9 Å². The van der Waals surface area contributed by atoms with Gasteiger partial charge in [0.15, 0.2) is 11.6 Å². The Morgan fingerprint density at radius 3 is 2.43 bits per heavy atom. The maximum atomic E-state index is 12.8. The molecule has 0 aliphatic carbocycles. The molecular formula is C31H31BrN2O5S3. The molecule has 0 spiro atoms. The lowest BCUT2D eigenvalue weighted by molar-refractivity contribution is 0.0964. The average molecular weight is 688 g/mol. The first kappa shape index (κ1) is 32.3. The van der Waals surface area contributed by atoms with E-state index >= 15 is 0 Å². The van der Waals surface area contributed by atoms with Crippen molar-refractivity contribution in [2.75, 3.05) is 32.9 Å². The van der Waals surface area contributed by atoms with Crippen molar-refractivity contribution in [1.82, 2.24) is 4.72 Å². The molecule has 0 aliphatic heterocycles. The number of halogens is 1. The molecule has 0 unspecified atom stereocenters. The van der Waals surface area contributed by atoms with Gasteiger partial charge >= 0.3 is 0 Å². The second-order valence-corrected chi connectivity index (χ2v) is 13.1. The van der Waals surface area contributed by atoms with Crippen molar-refractivity contribution >= 4 is 67.8 Å². The van der Waals surface area contributed by atoms with E-state index in [9.17, 15) is 14.7 Å². The van der Waals surface area contributed by atoms with E-state index < -0.39 is 0 Å². The number of nitrogens with one attached hydrogen (secondary N) is 1. The van der Waals surface area contributed by atoms with Crippen LogP contribution in [0.1, 0.15) is 43.8 Å². The minimum atomic E-state index is -0.164. The van der Waals surface area contributed by atoms with Crippen LogP contribution in [0, 0.1) is 0 Å². The van der Waals surface area contributed by atoms with E-state index in [4.69, 9.17) is 9.84 Å². The van der Waals surface area contributed by atoms with Crippen molar-refractivity contribution in [3.8, 4) is 16.2 Å². The monoisotopic (exact) mass is 686 g/mol. The molecule has 3 N–H and O–H groups in total. The molecular weight excluding hydrogens is 656 g/mol. The average Bonchev–Trinajstić information content (AvgIpc) is 3.65. The van der Waals surface area contributed by atoms with Crippen molar-refractivity contribution in [1.29, 1.82) is 0 Å². The summed E-state index contributed by atoms with van der Waals surface area (Å²) in [5.74, 6) is -0.00111. The highest BCUT2D eigenvalue weighted by molar-refractivity contribution is 9.10. The van der Waals surface area contributed by atoms with Gasteiger partial charge in [-0.2, -0.15) is 0 Å². The number of aliphatic hydroxyl groups excluding tert-OH is 1. The Labute approximate surface area is 265 Å². The van der Waals surface area contributed by atoms with Crippen LogP contribution in [0.4, 0.5) is 0 Å². The summed E-state index contributed by atoms with van der Waals surface area (Å²) in [7, 11) is 0. The molecule has 11 heteroatoms. The fourth-order valence-electron chi connectivity index (χ4n) is 3.93. The number of ketones is 2. The molecule has 0 atom stereocenters. The second-order valence-electron chi connectivity index (χ2n) is 9.22. The van der Waals surface area contributed by atoms with Gasteiger partial charge in [0.25, 0.3) is 0 Å². The van der Waals surface area contributed by atoms with E-state index in [-0.39, 0.29) is 30.5 Å². The van der Waals surface area contributed by atoms with Gasteiger partial charge in [0.05, 0.1) is 34.5 Å². The number of aliphatic hydroxyl groups is 1. The highest BCUT2D eigenvalue weighted by atomic mass is 79.9. The minimum absolute atomic E-state index is 0.00500. The van der Waals surface area contributed by atoms with Crippen LogP contribution in [0.3, 0.4) is 0 Å². The number of hydrogen-bond donors (Lipinski definition) is 3. The summed E-state index contributed by atoms with van der Waals surface area (Å²) in [5, 5.41) is 21.3. The number of carbonyl (C=O) groups excluding carboxylic acids is 2. The van der Waals surface area contributed by atoms with Crippen LogP contribution in [0.5, 0.6) is 5.75 Å². The summed E-state index contributed by atoms with van der Waals surface area (Å²) >= 11 is 7.56. The molecule has 4 aromatic rings. The summed E-state index contributed by atoms with van der Waals surface area (Å²) in [6.07, 6.45) is 0.972. The van der Waals surface area contributed by atoms with Crippen molar-refractivity contribution < 1.29 is 24.5 Å². The van der Waals surface area contributed by atoms with Gasteiger partial charge in [-0.05, 0) is 72.8 Å². The standard InChI is InChI=1S/C31H31BrN2O5S3/c1-20(25-19-40-31(30(25)38)22-5-7-23(32)8-6-22)33-18-27(37)29-13-12-28(41-29)26(36)11-4-21-2-9-24(10-3-21)42-34-14-16-39-17-15-35/h2-3,5-10,12-13,19,34-35,38H,4,11,14-18H2,1H3. The van der Waals surface area contributed by atoms with Crippen molar-refractivity contribution in [3.63, 3.8) is 0 Å². The maximum absolute atomic E-state index is 12.8. The Morgan fingerprint density at radius 2 is 1.71 bits per heavy atom. The number of aryl methyl sites for hydroxylation is 1. The smallest absolute Gasteiger partial charge is 0.194 e. The van der Waals surface area contributed by atoms with Gasteiger partial charge in [0.1, 0.15) is 12.3 Å². The molecule has 7 nitrogen and oxygen atoms in total. The lowest BCUT2D eigenvalue weighted by Gasteiger charge is -2.06. The number of rotatable bonds is 16. The Balaban J connectivity index is 1.25. The molecule has 0 fully saturated rings. The summed E-state index contributed by atoms with van der Waals surface area (Å²) in [4.78, 5) is 32.9. The molecule has 220 valence electrons. The third-order valence-electron chi connectivity index (χ3n) is 6.21. The van der Waals surface area contributed by atoms with E-state index in [1.165, 1.54) is 34.6 Å². The number of benzene rings is 2. The first-order valence-corrected chi connectivity index (χ1v) is 16.6. The van der Waals surface area contributed by atoms with Crippen LogP contribution in [0.25, 0.3) is 10.4 Å². The molecule has 2 heterocycles. The Morgan fingerprint density at radius 1 is 1.00 bits per heavy atom. The van der Waals surface area contributed by atoms with Crippen LogP contribution in [-0.4, -0.2) is 60.4 Å². The van der Waals surface area contributed by atoms with Crippen LogP contribution >= 0.6 is 50.6 Å². The highest BCUT2D eigenvalue weighted by Gasteiger charge is 2.17. The summed E-state index contributed by atoms with van der Waals surface area (Å²) in [6, 6.07) is 19.1. The van der Waals surface area contributed by atoms with Crippen molar-refractivity contribution in [3.05, 3.63) is 91.4 Å². The number of nitrogens with zero attached hydrogens (tertiary/aromatic N) is 1. The number of Topliss-reactive ketones (excluding diaryl/α,β-unsaturated/α-hetero) is 2. The van der Waals surface area contributed by atoms with Gasteiger partial charge in [-0.25, -0.2) is 0 Å². The van der Waals surface area contributed by atoms with Crippen molar-refractivity contribution in [2.45, 2.75) is 24.7 Å².